The van der Waals surface area contributed by atoms with Crippen molar-refractivity contribution in [2.24, 2.45) is 11.1 Å². The van der Waals surface area contributed by atoms with E-state index in [2.05, 4.69) is 0 Å². The minimum absolute atomic E-state index is 0. The molecular formula is C13H21ClFNO. The summed E-state index contributed by atoms with van der Waals surface area (Å²) >= 11 is 0. The van der Waals surface area contributed by atoms with Crippen molar-refractivity contribution in [1.29, 1.82) is 0 Å². The largest absolute Gasteiger partial charge is 0.388 e. The van der Waals surface area contributed by atoms with Crippen molar-refractivity contribution in [1.82, 2.24) is 0 Å². The Kier molecular flexibility index (Phi) is 6.10. The normalized spacial score (nSPS) is 14.9. The lowest BCUT2D eigenvalue weighted by atomic mass is 9.83. The fourth-order valence-electron chi connectivity index (χ4n) is 1.44. The van der Waals surface area contributed by atoms with E-state index in [1.54, 1.807) is 12.1 Å². The highest BCUT2D eigenvalue weighted by molar-refractivity contribution is 5.85. The molecule has 0 spiro atoms. The Balaban J connectivity index is 0.00000256. The number of hydrogen-bond acceptors (Lipinski definition) is 2. The first-order valence-corrected chi connectivity index (χ1v) is 5.50. The molecule has 17 heavy (non-hydrogen) atoms. The maximum atomic E-state index is 13.0. The highest BCUT2D eigenvalue weighted by Crippen LogP contribution is 2.26. The van der Waals surface area contributed by atoms with Crippen LogP contribution in [0.5, 0.6) is 0 Å². The summed E-state index contributed by atoms with van der Waals surface area (Å²) in [4.78, 5) is 0. The van der Waals surface area contributed by atoms with E-state index in [4.69, 9.17) is 5.73 Å². The second-order valence-corrected chi connectivity index (χ2v) is 5.28. The maximum absolute atomic E-state index is 13.0. The molecule has 0 aliphatic rings. The number of aliphatic hydroxyl groups excluding tert-OH is 1. The third-order valence-electron chi connectivity index (χ3n) is 2.82. The third kappa shape index (κ3) is 5.02. The number of aliphatic hydroxyl groups is 1. The van der Waals surface area contributed by atoms with Crippen molar-refractivity contribution >= 4 is 12.4 Å². The van der Waals surface area contributed by atoms with Crippen LogP contribution < -0.4 is 5.73 Å². The van der Waals surface area contributed by atoms with Crippen molar-refractivity contribution < 1.29 is 9.50 Å². The van der Waals surface area contributed by atoms with Gasteiger partial charge in [0.15, 0.2) is 0 Å². The molecule has 0 saturated carbocycles. The van der Waals surface area contributed by atoms with Crippen LogP contribution in [0.15, 0.2) is 24.3 Å². The SMILES string of the molecule is CC(C)(C)[C@H](N)C[C@H](O)c1cccc(F)c1.Cl. The summed E-state index contributed by atoms with van der Waals surface area (Å²) in [5, 5.41) is 9.93. The van der Waals surface area contributed by atoms with Gasteiger partial charge in [0.25, 0.3) is 0 Å². The molecule has 1 aromatic rings. The Morgan fingerprint density at radius 1 is 1.35 bits per heavy atom. The molecule has 0 amide bonds. The predicted octanol–water partition coefficient (Wildman–Crippen LogP) is 3.04. The second-order valence-electron chi connectivity index (χ2n) is 5.28. The third-order valence-corrected chi connectivity index (χ3v) is 2.82. The van der Waals surface area contributed by atoms with E-state index in [1.165, 1.54) is 12.1 Å². The van der Waals surface area contributed by atoms with E-state index in [1.807, 2.05) is 20.8 Å². The van der Waals surface area contributed by atoms with Crippen molar-refractivity contribution in [2.45, 2.75) is 39.3 Å². The van der Waals surface area contributed by atoms with Crippen LogP contribution in [-0.4, -0.2) is 11.1 Å². The van der Waals surface area contributed by atoms with Crippen LogP contribution in [0.3, 0.4) is 0 Å². The molecule has 0 bridgehead atoms. The molecule has 0 aromatic heterocycles. The minimum atomic E-state index is -0.704. The smallest absolute Gasteiger partial charge is 0.123 e. The van der Waals surface area contributed by atoms with Gasteiger partial charge in [0.05, 0.1) is 6.10 Å². The van der Waals surface area contributed by atoms with Gasteiger partial charge in [-0.3, -0.25) is 0 Å². The van der Waals surface area contributed by atoms with E-state index in [0.29, 0.717) is 12.0 Å². The van der Waals surface area contributed by atoms with Gasteiger partial charge in [0, 0.05) is 6.04 Å². The van der Waals surface area contributed by atoms with Gasteiger partial charge in [-0.15, -0.1) is 12.4 Å². The maximum Gasteiger partial charge on any atom is 0.123 e. The van der Waals surface area contributed by atoms with Gasteiger partial charge in [0.2, 0.25) is 0 Å². The van der Waals surface area contributed by atoms with Gasteiger partial charge >= 0.3 is 0 Å². The zero-order valence-corrected chi connectivity index (χ0v) is 11.3. The summed E-state index contributed by atoms with van der Waals surface area (Å²) in [6.45, 7) is 6.07. The first-order chi connectivity index (χ1) is 7.30. The fourth-order valence-corrected chi connectivity index (χ4v) is 1.44. The van der Waals surface area contributed by atoms with Gasteiger partial charge in [-0.05, 0) is 29.5 Å². The molecule has 1 rings (SSSR count). The number of hydrogen-bond donors (Lipinski definition) is 2. The molecule has 0 radical (unpaired) electrons. The quantitative estimate of drug-likeness (QED) is 0.879. The number of nitrogens with two attached hydrogens (primary N) is 1. The Hall–Kier alpha value is -0.640. The molecule has 0 fully saturated rings. The number of rotatable bonds is 3. The summed E-state index contributed by atoms with van der Waals surface area (Å²) in [5.74, 6) is -0.333. The monoisotopic (exact) mass is 261 g/mol. The van der Waals surface area contributed by atoms with Crippen LogP contribution in [0, 0.1) is 11.2 Å². The molecule has 98 valence electrons. The summed E-state index contributed by atoms with van der Waals surface area (Å²) in [6, 6.07) is 5.89. The molecule has 4 heteroatoms. The second kappa shape index (κ2) is 6.34. The van der Waals surface area contributed by atoms with E-state index in [9.17, 15) is 9.50 Å². The lowest BCUT2D eigenvalue weighted by Crippen LogP contribution is -2.36. The standard InChI is InChI=1S/C13H20FNO.ClH/c1-13(2,3)12(15)8-11(16)9-5-4-6-10(14)7-9;/h4-7,11-12,16H,8,15H2,1-3H3;1H/t11-,12+;/m0./s1. The topological polar surface area (TPSA) is 46.2 Å². The van der Waals surface area contributed by atoms with Crippen LogP contribution in [0.4, 0.5) is 4.39 Å². The molecule has 0 unspecified atom stereocenters. The van der Waals surface area contributed by atoms with Gasteiger partial charge < -0.3 is 10.8 Å². The fraction of sp³-hybridized carbons (Fsp3) is 0.538. The van der Waals surface area contributed by atoms with E-state index < -0.39 is 6.10 Å². The zero-order chi connectivity index (χ0) is 12.3. The Morgan fingerprint density at radius 3 is 2.41 bits per heavy atom. The minimum Gasteiger partial charge on any atom is -0.388 e. The first-order valence-electron chi connectivity index (χ1n) is 5.50. The van der Waals surface area contributed by atoms with Crippen LogP contribution in [0.1, 0.15) is 38.9 Å². The molecule has 0 aliphatic heterocycles. The lowest BCUT2D eigenvalue weighted by molar-refractivity contribution is 0.133. The van der Waals surface area contributed by atoms with E-state index in [-0.39, 0.29) is 29.7 Å². The van der Waals surface area contributed by atoms with Crippen LogP contribution >= 0.6 is 12.4 Å². The van der Waals surface area contributed by atoms with Crippen molar-refractivity contribution in [3.05, 3.63) is 35.6 Å². The van der Waals surface area contributed by atoms with Crippen molar-refractivity contribution in [3.8, 4) is 0 Å². The molecule has 0 aliphatic carbocycles. The predicted molar refractivity (Wildman–Crippen MR) is 70.7 cm³/mol. The van der Waals surface area contributed by atoms with Gasteiger partial charge in [-0.2, -0.15) is 0 Å². The molecule has 2 atom stereocenters. The van der Waals surface area contributed by atoms with Crippen molar-refractivity contribution in [2.75, 3.05) is 0 Å². The highest BCUT2D eigenvalue weighted by Gasteiger charge is 2.23. The van der Waals surface area contributed by atoms with E-state index in [0.717, 1.165) is 0 Å². The molecular weight excluding hydrogens is 241 g/mol. The van der Waals surface area contributed by atoms with E-state index >= 15 is 0 Å². The van der Waals surface area contributed by atoms with Gasteiger partial charge in [0.1, 0.15) is 5.82 Å². The molecule has 0 heterocycles. The van der Waals surface area contributed by atoms with Crippen LogP contribution in [-0.2, 0) is 0 Å². The molecule has 2 nitrogen and oxygen atoms in total. The Morgan fingerprint density at radius 2 is 1.94 bits per heavy atom. The summed E-state index contributed by atoms with van der Waals surface area (Å²) in [6.07, 6.45) is -0.266. The van der Waals surface area contributed by atoms with Gasteiger partial charge in [-0.1, -0.05) is 32.9 Å². The lowest BCUT2D eigenvalue weighted by Gasteiger charge is -2.29. The average Bonchev–Trinajstić information content (AvgIpc) is 2.16. The van der Waals surface area contributed by atoms with Gasteiger partial charge in [-0.25, -0.2) is 4.39 Å². The first kappa shape index (κ1) is 16.4. The van der Waals surface area contributed by atoms with Crippen molar-refractivity contribution in [3.63, 3.8) is 0 Å². The zero-order valence-electron chi connectivity index (χ0n) is 10.5. The molecule has 0 saturated heterocycles. The summed E-state index contributed by atoms with van der Waals surface area (Å²) in [7, 11) is 0. The van der Waals surface area contributed by atoms with Crippen LogP contribution in [0.25, 0.3) is 0 Å². The summed E-state index contributed by atoms with van der Waals surface area (Å²) in [5.41, 5.74) is 6.50. The number of halogens is 2. The molecule has 1 aromatic carbocycles. The average molecular weight is 262 g/mol. The molecule has 3 N–H and O–H groups in total. The number of benzene rings is 1. The van der Waals surface area contributed by atoms with Crippen LogP contribution in [0.2, 0.25) is 0 Å². The highest BCUT2D eigenvalue weighted by atomic mass is 35.5. The summed E-state index contributed by atoms with van der Waals surface area (Å²) < 4.78 is 13.0. The Bertz CT molecular complexity index is 352. The Labute approximate surface area is 108 Å².